The third kappa shape index (κ3) is 5.16. The molecule has 0 spiro atoms. The highest BCUT2D eigenvalue weighted by Gasteiger charge is 2.22. The highest BCUT2D eigenvalue weighted by molar-refractivity contribution is 5.96. The van der Waals surface area contributed by atoms with E-state index in [2.05, 4.69) is 57.2 Å². The number of fused-ring (bicyclic) bond motifs is 1. The summed E-state index contributed by atoms with van der Waals surface area (Å²) in [4.78, 5) is 25.3. The first-order valence-electron chi connectivity index (χ1n) is 12.9. The lowest BCUT2D eigenvalue weighted by Gasteiger charge is -2.17. The largest absolute Gasteiger partial charge is 0.340 e. The van der Waals surface area contributed by atoms with Crippen LogP contribution in [0.3, 0.4) is 0 Å². The number of pyridine rings is 1. The second-order valence-corrected chi connectivity index (χ2v) is 10.7. The van der Waals surface area contributed by atoms with Crippen molar-refractivity contribution in [2.75, 3.05) is 5.32 Å². The Morgan fingerprint density at radius 1 is 1.03 bits per heavy atom. The van der Waals surface area contributed by atoms with Crippen LogP contribution in [-0.2, 0) is 4.79 Å². The molecule has 0 unspecified atom stereocenters. The second kappa shape index (κ2) is 10.2. The summed E-state index contributed by atoms with van der Waals surface area (Å²) in [6.07, 6.45) is 7.23. The van der Waals surface area contributed by atoms with E-state index in [1.807, 2.05) is 64.1 Å². The number of benzene rings is 2. The molecule has 5 rings (SSSR count). The zero-order valence-electron chi connectivity index (χ0n) is 22.9. The Kier molecular flexibility index (Phi) is 6.74. The molecule has 0 radical (unpaired) electrons. The molecule has 0 saturated carbocycles. The van der Waals surface area contributed by atoms with E-state index in [4.69, 9.17) is 4.98 Å². The molecule has 1 amide bonds. The number of aryl methyl sites for hydroxylation is 2. The minimum atomic E-state index is -0.499. The third-order valence-corrected chi connectivity index (χ3v) is 6.66. The number of aromatic amines is 2. The van der Waals surface area contributed by atoms with Gasteiger partial charge in [-0.3, -0.25) is 14.9 Å². The number of allylic oxidation sites excluding steroid dienone is 2. The van der Waals surface area contributed by atoms with Gasteiger partial charge < -0.3 is 10.3 Å². The number of rotatable bonds is 6. The van der Waals surface area contributed by atoms with Crippen molar-refractivity contribution >= 4 is 28.1 Å². The highest BCUT2D eigenvalue weighted by Crippen LogP contribution is 2.33. The summed E-state index contributed by atoms with van der Waals surface area (Å²) in [6.45, 7) is 13.7. The predicted octanol–water partition coefficient (Wildman–Crippen LogP) is 7.23. The maximum absolute atomic E-state index is 12.5. The number of amides is 1. The van der Waals surface area contributed by atoms with Crippen molar-refractivity contribution in [2.45, 2.75) is 34.6 Å². The van der Waals surface area contributed by atoms with Crippen molar-refractivity contribution in [3.8, 4) is 22.6 Å². The molecule has 196 valence electrons. The van der Waals surface area contributed by atoms with Crippen molar-refractivity contribution in [1.82, 2.24) is 25.1 Å². The van der Waals surface area contributed by atoms with E-state index in [-0.39, 0.29) is 5.91 Å². The molecule has 0 aliphatic carbocycles. The standard InChI is InChI=1S/C32H32N6O/c1-7-10-25(24-12-9-8-11-19(24)2)28-20(3)34-30(36-28)29-26-16-21(13-14-27(26)37-38-29)22-15-23(18-33-17-22)35-31(39)32(4,5)6/h7-18H,1H2,2-6H3,(H,34,36)(H,35,39)(H,37,38)/b25-10-. The zero-order chi connectivity index (χ0) is 27.7. The average molecular weight is 517 g/mol. The molecule has 0 fully saturated rings. The predicted molar refractivity (Wildman–Crippen MR) is 158 cm³/mol. The van der Waals surface area contributed by atoms with Crippen LogP contribution in [-0.4, -0.2) is 31.1 Å². The maximum atomic E-state index is 12.5. The highest BCUT2D eigenvalue weighted by atomic mass is 16.2. The first-order valence-corrected chi connectivity index (χ1v) is 12.9. The van der Waals surface area contributed by atoms with Gasteiger partial charge in [0.2, 0.25) is 5.91 Å². The molecule has 0 atom stereocenters. The fourth-order valence-electron chi connectivity index (χ4n) is 4.48. The molecule has 2 aromatic carbocycles. The lowest BCUT2D eigenvalue weighted by atomic mass is 9.95. The van der Waals surface area contributed by atoms with Crippen LogP contribution in [0.5, 0.6) is 0 Å². The van der Waals surface area contributed by atoms with E-state index in [9.17, 15) is 4.79 Å². The lowest BCUT2D eigenvalue weighted by molar-refractivity contribution is -0.123. The monoisotopic (exact) mass is 516 g/mol. The van der Waals surface area contributed by atoms with Crippen LogP contribution in [0.2, 0.25) is 0 Å². The van der Waals surface area contributed by atoms with Crippen molar-refractivity contribution in [3.05, 3.63) is 102 Å². The summed E-state index contributed by atoms with van der Waals surface area (Å²) in [6, 6.07) is 16.3. The fourth-order valence-corrected chi connectivity index (χ4v) is 4.48. The lowest BCUT2D eigenvalue weighted by Crippen LogP contribution is -2.27. The summed E-state index contributed by atoms with van der Waals surface area (Å²) in [5.41, 5.74) is 8.72. The molecule has 0 saturated heterocycles. The summed E-state index contributed by atoms with van der Waals surface area (Å²) in [5.74, 6) is 0.618. The number of anilines is 1. The van der Waals surface area contributed by atoms with Gasteiger partial charge in [-0.25, -0.2) is 4.98 Å². The van der Waals surface area contributed by atoms with Crippen LogP contribution in [0, 0.1) is 19.3 Å². The number of hydrogen-bond donors (Lipinski definition) is 3. The first kappa shape index (κ1) is 25.9. The van der Waals surface area contributed by atoms with Crippen LogP contribution < -0.4 is 5.32 Å². The number of hydrogen-bond acceptors (Lipinski definition) is 4. The Bertz CT molecular complexity index is 1730. The molecule has 7 heteroatoms. The smallest absolute Gasteiger partial charge is 0.229 e. The second-order valence-electron chi connectivity index (χ2n) is 10.7. The summed E-state index contributed by atoms with van der Waals surface area (Å²) in [7, 11) is 0. The Hall–Kier alpha value is -4.78. The molecular formula is C32H32N6O. The van der Waals surface area contributed by atoms with E-state index in [0.29, 0.717) is 11.5 Å². The Balaban J connectivity index is 1.54. The molecule has 39 heavy (non-hydrogen) atoms. The molecule has 0 bridgehead atoms. The normalized spacial score (nSPS) is 12.1. The van der Waals surface area contributed by atoms with Gasteiger partial charge in [-0.1, -0.05) is 69.8 Å². The van der Waals surface area contributed by atoms with Gasteiger partial charge in [-0.15, -0.1) is 0 Å². The molecule has 7 nitrogen and oxygen atoms in total. The zero-order valence-corrected chi connectivity index (χ0v) is 22.9. The molecule has 3 aromatic heterocycles. The van der Waals surface area contributed by atoms with Crippen LogP contribution in [0.4, 0.5) is 5.69 Å². The number of nitrogens with zero attached hydrogens (tertiary/aromatic N) is 3. The summed E-state index contributed by atoms with van der Waals surface area (Å²) in [5, 5.41) is 11.6. The maximum Gasteiger partial charge on any atom is 0.229 e. The minimum Gasteiger partial charge on any atom is -0.340 e. The number of carbonyl (C=O) groups excluding carboxylic acids is 1. The van der Waals surface area contributed by atoms with Gasteiger partial charge in [0.1, 0.15) is 5.69 Å². The van der Waals surface area contributed by atoms with Crippen LogP contribution in [0.1, 0.15) is 43.3 Å². The van der Waals surface area contributed by atoms with E-state index in [0.717, 1.165) is 50.2 Å². The molecule has 3 N–H and O–H groups in total. The van der Waals surface area contributed by atoms with E-state index in [1.54, 1.807) is 18.5 Å². The molecule has 3 heterocycles. The number of aromatic nitrogens is 5. The SMILES string of the molecule is C=C/C=C(/c1ccccc1C)c1nc(-c2n[nH]c3ccc(-c4cncc(NC(=O)C(C)(C)C)c4)cc23)[nH]c1C. The minimum absolute atomic E-state index is 0.0615. The van der Waals surface area contributed by atoms with Gasteiger partial charge in [-0.2, -0.15) is 5.10 Å². The Labute approximate surface area is 228 Å². The number of imidazole rings is 1. The third-order valence-electron chi connectivity index (χ3n) is 6.66. The Morgan fingerprint density at radius 3 is 2.56 bits per heavy atom. The molecular weight excluding hydrogens is 484 g/mol. The van der Waals surface area contributed by atoms with Crippen molar-refractivity contribution < 1.29 is 4.79 Å². The molecule has 5 aromatic rings. The topological polar surface area (TPSA) is 99.3 Å². The van der Waals surface area contributed by atoms with Gasteiger partial charge in [0.05, 0.1) is 23.1 Å². The van der Waals surface area contributed by atoms with Crippen LogP contribution >= 0.6 is 0 Å². The van der Waals surface area contributed by atoms with E-state index >= 15 is 0 Å². The van der Waals surface area contributed by atoms with Gasteiger partial charge in [0.25, 0.3) is 0 Å². The van der Waals surface area contributed by atoms with Crippen LogP contribution in [0.25, 0.3) is 39.1 Å². The number of carbonyl (C=O) groups is 1. The van der Waals surface area contributed by atoms with Crippen molar-refractivity contribution in [3.63, 3.8) is 0 Å². The van der Waals surface area contributed by atoms with E-state index in [1.165, 1.54) is 5.56 Å². The first-order chi connectivity index (χ1) is 18.7. The molecule has 0 aliphatic rings. The summed E-state index contributed by atoms with van der Waals surface area (Å²) < 4.78 is 0. The fraction of sp³-hybridized carbons (Fsp3) is 0.188. The quantitative estimate of drug-likeness (QED) is 0.207. The van der Waals surface area contributed by atoms with Gasteiger partial charge in [-0.05, 0) is 48.7 Å². The Morgan fingerprint density at radius 2 is 1.82 bits per heavy atom. The van der Waals surface area contributed by atoms with E-state index < -0.39 is 5.41 Å². The van der Waals surface area contributed by atoms with Gasteiger partial charge in [0, 0.05) is 33.8 Å². The molecule has 0 aliphatic heterocycles. The van der Waals surface area contributed by atoms with Crippen LogP contribution in [0.15, 0.2) is 79.7 Å². The number of H-pyrrole nitrogens is 2. The summed E-state index contributed by atoms with van der Waals surface area (Å²) >= 11 is 0. The number of nitrogens with one attached hydrogen (secondary N) is 3. The average Bonchev–Trinajstić information content (AvgIpc) is 3.50. The van der Waals surface area contributed by atoms with Crippen molar-refractivity contribution in [1.29, 1.82) is 0 Å². The van der Waals surface area contributed by atoms with Gasteiger partial charge in [0.15, 0.2) is 5.82 Å². The van der Waals surface area contributed by atoms with Gasteiger partial charge >= 0.3 is 0 Å². The van der Waals surface area contributed by atoms with Crippen molar-refractivity contribution in [2.24, 2.45) is 5.41 Å².